The lowest BCUT2D eigenvalue weighted by Crippen LogP contribution is -2.53. The van der Waals surface area contributed by atoms with E-state index in [-0.39, 0.29) is 50.8 Å². The fraction of sp³-hybridized carbons (Fsp3) is 0.283. The van der Waals surface area contributed by atoms with Gasteiger partial charge in [-0.2, -0.15) is 0 Å². The molecule has 0 aromatic heterocycles. The number of ether oxygens (including phenoxy) is 4. The van der Waals surface area contributed by atoms with Gasteiger partial charge in [0, 0.05) is 44.2 Å². The number of methoxy groups -OCH3 is 2. The van der Waals surface area contributed by atoms with Crippen molar-refractivity contribution in [1.82, 2.24) is 4.90 Å². The van der Waals surface area contributed by atoms with Gasteiger partial charge in [-0.05, 0) is 69.9 Å². The van der Waals surface area contributed by atoms with E-state index in [0.717, 1.165) is 27.5 Å². The van der Waals surface area contributed by atoms with Crippen LogP contribution in [0, 0.1) is 0 Å². The second kappa shape index (κ2) is 18.5. The predicted molar refractivity (Wildman–Crippen MR) is 216 cm³/mol. The molecule has 0 saturated carbocycles. The summed E-state index contributed by atoms with van der Waals surface area (Å²) >= 11 is 0. The fourth-order valence-electron chi connectivity index (χ4n) is 7.45. The molecule has 1 aliphatic heterocycles. The van der Waals surface area contributed by atoms with Crippen LogP contribution in [-0.2, 0) is 38.5 Å². The molecule has 5 aromatic rings. The number of aliphatic hydroxyl groups excluding tert-OH is 1. The maximum atomic E-state index is 15.1. The van der Waals surface area contributed by atoms with Crippen molar-refractivity contribution in [2.45, 2.75) is 57.3 Å². The molecule has 1 N–H and O–H groups in total. The molecule has 1 heterocycles. The van der Waals surface area contributed by atoms with Crippen LogP contribution in [0.4, 0.5) is 5.69 Å². The van der Waals surface area contributed by atoms with Gasteiger partial charge in [0.2, 0.25) is 11.8 Å². The third kappa shape index (κ3) is 9.04. The zero-order valence-corrected chi connectivity index (χ0v) is 32.1. The molecule has 5 aromatic carbocycles. The number of amides is 2. The highest BCUT2D eigenvalue weighted by Gasteiger charge is 2.50. The number of carbonyl (C=O) groups is 3. The molecular formula is C46H48N2O8. The molecule has 3 atom stereocenters. The summed E-state index contributed by atoms with van der Waals surface area (Å²) in [6.07, 6.45) is 1.53. The van der Waals surface area contributed by atoms with E-state index in [9.17, 15) is 14.7 Å². The van der Waals surface area contributed by atoms with Crippen molar-refractivity contribution in [3.05, 3.63) is 144 Å². The van der Waals surface area contributed by atoms with E-state index < -0.39 is 24.2 Å². The largest absolute Gasteiger partial charge is 0.497 e. The van der Waals surface area contributed by atoms with E-state index in [1.54, 1.807) is 43.4 Å². The Balaban J connectivity index is 1.54. The van der Waals surface area contributed by atoms with Gasteiger partial charge in [-0.25, -0.2) is 0 Å². The van der Waals surface area contributed by atoms with Crippen molar-refractivity contribution in [1.29, 1.82) is 0 Å². The molecule has 0 bridgehead atoms. The van der Waals surface area contributed by atoms with Gasteiger partial charge in [0.05, 0.1) is 45.8 Å². The Bertz CT molecular complexity index is 2140. The minimum Gasteiger partial charge on any atom is -0.497 e. The van der Waals surface area contributed by atoms with E-state index in [4.69, 9.17) is 18.9 Å². The lowest BCUT2D eigenvalue weighted by molar-refractivity contribution is -0.149. The topological polar surface area (TPSA) is 115 Å². The van der Waals surface area contributed by atoms with Gasteiger partial charge in [-0.1, -0.05) is 72.8 Å². The van der Waals surface area contributed by atoms with Crippen molar-refractivity contribution < 1.29 is 38.4 Å². The molecule has 0 aliphatic carbocycles. The second-order valence-corrected chi connectivity index (χ2v) is 13.7. The summed E-state index contributed by atoms with van der Waals surface area (Å²) in [6, 6.07) is 32.5. The molecule has 290 valence electrons. The average Bonchev–Trinajstić information content (AvgIpc) is 3.54. The molecule has 56 heavy (non-hydrogen) atoms. The Morgan fingerprint density at radius 3 is 2.12 bits per heavy atom. The fourth-order valence-corrected chi connectivity index (χ4v) is 7.45. The molecule has 0 radical (unpaired) electrons. The summed E-state index contributed by atoms with van der Waals surface area (Å²) in [5, 5.41) is 11.5. The quantitative estimate of drug-likeness (QED) is 0.0594. The number of fused-ring (bicyclic) bond motifs is 2. The summed E-state index contributed by atoms with van der Waals surface area (Å²) < 4.78 is 22.9. The lowest BCUT2D eigenvalue weighted by Gasteiger charge is -2.39. The number of carbonyl (C=O) groups excluding carboxylic acids is 3. The molecule has 1 unspecified atom stereocenters. The Morgan fingerprint density at radius 2 is 1.48 bits per heavy atom. The van der Waals surface area contributed by atoms with Crippen molar-refractivity contribution in [2.75, 3.05) is 32.3 Å². The van der Waals surface area contributed by atoms with Crippen LogP contribution in [0.15, 0.2) is 122 Å². The minimum atomic E-state index is -0.871. The van der Waals surface area contributed by atoms with Gasteiger partial charge in [0.25, 0.3) is 0 Å². The zero-order chi connectivity index (χ0) is 39.6. The highest BCUT2D eigenvalue weighted by Crippen LogP contribution is 2.48. The van der Waals surface area contributed by atoms with Crippen molar-refractivity contribution in [3.8, 4) is 17.2 Å². The van der Waals surface area contributed by atoms with Crippen LogP contribution in [-0.4, -0.2) is 67.4 Å². The second-order valence-electron chi connectivity index (χ2n) is 13.7. The van der Waals surface area contributed by atoms with Crippen LogP contribution < -0.4 is 19.1 Å². The number of rotatable bonds is 17. The predicted octanol–water partition coefficient (Wildman–Crippen LogP) is 7.40. The number of aliphatic hydroxyl groups is 1. The number of nitrogens with zero attached hydrogens (tertiary/aromatic N) is 2. The first-order valence-corrected chi connectivity index (χ1v) is 18.7. The lowest BCUT2D eigenvalue weighted by atomic mass is 9.93. The number of esters is 1. The first-order valence-electron chi connectivity index (χ1n) is 18.7. The highest BCUT2D eigenvalue weighted by molar-refractivity contribution is 5.99. The molecule has 1 aliphatic rings. The van der Waals surface area contributed by atoms with Crippen LogP contribution in [0.3, 0.4) is 0 Å². The number of benzene rings is 5. The Hall–Kier alpha value is -6.13. The summed E-state index contributed by atoms with van der Waals surface area (Å²) in [4.78, 5) is 46.2. The summed E-state index contributed by atoms with van der Waals surface area (Å²) in [5.41, 5.74) is 3.71. The maximum Gasteiger partial charge on any atom is 0.302 e. The van der Waals surface area contributed by atoms with Gasteiger partial charge in [0.1, 0.15) is 23.4 Å². The van der Waals surface area contributed by atoms with Crippen molar-refractivity contribution in [2.24, 2.45) is 0 Å². The third-order valence-corrected chi connectivity index (χ3v) is 10.0. The molecule has 0 spiro atoms. The molecule has 0 saturated heterocycles. The van der Waals surface area contributed by atoms with E-state index in [2.05, 4.69) is 6.58 Å². The molecule has 6 rings (SSSR count). The summed E-state index contributed by atoms with van der Waals surface area (Å²) in [7, 11) is 3.18. The van der Waals surface area contributed by atoms with Crippen LogP contribution >= 0.6 is 0 Å². The van der Waals surface area contributed by atoms with Crippen LogP contribution in [0.1, 0.15) is 48.1 Å². The van der Waals surface area contributed by atoms with Crippen molar-refractivity contribution >= 4 is 34.2 Å². The van der Waals surface area contributed by atoms with Gasteiger partial charge < -0.3 is 33.9 Å². The smallest absolute Gasteiger partial charge is 0.302 e. The number of anilines is 1. The Labute approximate surface area is 327 Å². The third-order valence-electron chi connectivity index (χ3n) is 10.0. The van der Waals surface area contributed by atoms with E-state index in [1.165, 1.54) is 6.92 Å². The standard InChI is InChI=1S/C46H48N2O8/c1-5-10-42(56-31(2)50)46-45(40-29-38(55-26-9-25-49)23-24-41(40)48(46)44(52)28-33-17-21-37(54-4)22-18-33)47(43(51)27-32-15-19-36(53-3)20-16-32)30-35-13-8-12-34-11-6-7-14-39(34)35/h5-8,11-24,29,42,45-46,49H,1,9-10,25-28,30H2,2-4H3/t42?,45-,46+/m0/s1. The van der Waals surface area contributed by atoms with Gasteiger partial charge >= 0.3 is 5.97 Å². The molecule has 10 nitrogen and oxygen atoms in total. The van der Waals surface area contributed by atoms with Crippen LogP contribution in [0.5, 0.6) is 17.2 Å². The Kier molecular flexibility index (Phi) is 13.0. The average molecular weight is 757 g/mol. The van der Waals surface area contributed by atoms with E-state index in [0.29, 0.717) is 34.9 Å². The minimum absolute atomic E-state index is 0.0331. The van der Waals surface area contributed by atoms with Gasteiger partial charge in [-0.15, -0.1) is 6.58 Å². The normalized spacial score (nSPS) is 15.1. The van der Waals surface area contributed by atoms with Gasteiger partial charge in [0.15, 0.2) is 0 Å². The number of hydrogen-bond donors (Lipinski definition) is 1. The molecular weight excluding hydrogens is 709 g/mol. The molecule has 0 fully saturated rings. The van der Waals surface area contributed by atoms with Crippen LogP contribution in [0.25, 0.3) is 10.8 Å². The SMILES string of the molecule is C=CCC(OC(C)=O)[C@@H]1[C@@H](N(Cc2cccc3ccccc23)C(=O)Cc2ccc(OC)cc2)c2cc(OCCCO)ccc2N1C(=O)Cc1ccc(OC)cc1. The van der Waals surface area contributed by atoms with E-state index >= 15 is 4.79 Å². The van der Waals surface area contributed by atoms with Crippen LogP contribution in [0.2, 0.25) is 0 Å². The summed E-state index contributed by atoms with van der Waals surface area (Å²) in [5.74, 6) is 0.900. The molecule has 10 heteroatoms. The first-order chi connectivity index (χ1) is 27.2. The Morgan fingerprint density at radius 1 is 0.839 bits per heavy atom. The van der Waals surface area contributed by atoms with Gasteiger partial charge in [-0.3, -0.25) is 14.4 Å². The first kappa shape index (κ1) is 39.6. The maximum absolute atomic E-state index is 15.1. The zero-order valence-electron chi connectivity index (χ0n) is 32.1. The van der Waals surface area contributed by atoms with E-state index in [1.807, 2.05) is 95.9 Å². The summed E-state index contributed by atoms with van der Waals surface area (Å²) in [6.45, 7) is 5.74. The monoisotopic (exact) mass is 756 g/mol. The highest BCUT2D eigenvalue weighted by atomic mass is 16.5. The number of hydrogen-bond acceptors (Lipinski definition) is 8. The van der Waals surface area contributed by atoms with Crippen molar-refractivity contribution in [3.63, 3.8) is 0 Å². The molecule has 2 amide bonds.